The second-order valence-corrected chi connectivity index (χ2v) is 11.8. The van der Waals surface area contributed by atoms with E-state index in [1.165, 1.54) is 11.6 Å². The van der Waals surface area contributed by atoms with Gasteiger partial charge in [0.1, 0.15) is 17.5 Å². The zero-order chi connectivity index (χ0) is 28.9. The largest absolute Gasteiger partial charge is 0.474 e. The summed E-state index contributed by atoms with van der Waals surface area (Å²) in [4.78, 5) is 35.9. The molecular weight excluding hydrogens is 511 g/mol. The summed E-state index contributed by atoms with van der Waals surface area (Å²) in [6.07, 6.45) is 3.95. The van der Waals surface area contributed by atoms with Crippen molar-refractivity contribution in [2.75, 3.05) is 37.6 Å². The van der Waals surface area contributed by atoms with Gasteiger partial charge in [-0.3, -0.25) is 9.69 Å². The lowest BCUT2D eigenvalue weighted by Crippen LogP contribution is -2.49. The number of nitrogens with zero attached hydrogens (tertiary/aromatic N) is 4. The number of aromatic nitrogens is 1. The lowest BCUT2D eigenvalue weighted by molar-refractivity contribution is -0.123. The summed E-state index contributed by atoms with van der Waals surface area (Å²) in [5.74, 6) is 0.156. The molecule has 2 amide bonds. The van der Waals surface area contributed by atoms with Crippen molar-refractivity contribution >= 4 is 17.7 Å². The Kier molecular flexibility index (Phi) is 9.66. The van der Waals surface area contributed by atoms with Gasteiger partial charge in [-0.25, -0.2) is 14.2 Å². The van der Waals surface area contributed by atoms with E-state index in [2.05, 4.69) is 35.0 Å². The van der Waals surface area contributed by atoms with E-state index in [9.17, 15) is 14.0 Å². The first-order valence-electron chi connectivity index (χ1n) is 14.4. The van der Waals surface area contributed by atoms with Crippen molar-refractivity contribution < 1.29 is 23.5 Å². The molecule has 8 nitrogen and oxygen atoms in total. The fraction of sp³-hybridized carbons (Fsp3) is 0.581. The van der Waals surface area contributed by atoms with Crippen LogP contribution in [0.5, 0.6) is 5.88 Å². The van der Waals surface area contributed by atoms with Gasteiger partial charge in [0.2, 0.25) is 11.8 Å². The van der Waals surface area contributed by atoms with Gasteiger partial charge in [0, 0.05) is 56.9 Å². The van der Waals surface area contributed by atoms with Gasteiger partial charge in [0.15, 0.2) is 0 Å². The van der Waals surface area contributed by atoms with Crippen LogP contribution in [0.1, 0.15) is 64.5 Å². The summed E-state index contributed by atoms with van der Waals surface area (Å²) < 4.78 is 24.5. The van der Waals surface area contributed by atoms with E-state index in [0.29, 0.717) is 25.5 Å². The van der Waals surface area contributed by atoms with Crippen molar-refractivity contribution in [2.45, 2.75) is 78.6 Å². The maximum absolute atomic E-state index is 13.5. The molecule has 1 aromatic carbocycles. The lowest BCUT2D eigenvalue weighted by Gasteiger charge is -2.36. The van der Waals surface area contributed by atoms with Crippen molar-refractivity contribution in [1.82, 2.24) is 14.8 Å². The molecular formula is C31H43FN4O4. The normalized spacial score (nSPS) is 20.2. The minimum absolute atomic E-state index is 0.00961. The Morgan fingerprint density at radius 3 is 2.33 bits per heavy atom. The molecule has 0 N–H and O–H groups in total. The van der Waals surface area contributed by atoms with Crippen molar-refractivity contribution in [1.29, 1.82) is 0 Å². The highest BCUT2D eigenvalue weighted by atomic mass is 19.1. The van der Waals surface area contributed by atoms with Crippen molar-refractivity contribution in [3.8, 4) is 5.88 Å². The Morgan fingerprint density at radius 2 is 1.75 bits per heavy atom. The standard InChI is InChI=1S/C31H43FN4O4/c1-6-36(29(37)23-8-12-27(13-9-23)39-28-14-10-25(32)20-33-28)26-11-7-24(22(2)19-26)21-34-15-17-35(18-16-34)30(38)40-31(3,4)5/h7,10-11,14,19-20,23,27H,6,8-9,12-13,15-18,21H2,1-5H3. The number of benzene rings is 1. The van der Waals surface area contributed by atoms with Crippen molar-refractivity contribution in [2.24, 2.45) is 5.92 Å². The number of halogens is 1. The average Bonchev–Trinajstić information content (AvgIpc) is 2.91. The number of amides is 2. The van der Waals surface area contributed by atoms with E-state index in [0.717, 1.165) is 62.8 Å². The maximum atomic E-state index is 13.5. The van der Waals surface area contributed by atoms with Gasteiger partial charge in [0.25, 0.3) is 0 Å². The Bertz CT molecular complexity index is 1150. The van der Waals surface area contributed by atoms with E-state index in [-0.39, 0.29) is 29.8 Å². The van der Waals surface area contributed by atoms with Gasteiger partial charge in [-0.05, 0) is 89.6 Å². The number of anilines is 1. The number of piperazine rings is 1. The van der Waals surface area contributed by atoms with Gasteiger partial charge >= 0.3 is 6.09 Å². The summed E-state index contributed by atoms with van der Waals surface area (Å²) >= 11 is 0. The fourth-order valence-electron chi connectivity index (χ4n) is 5.40. The topological polar surface area (TPSA) is 75.2 Å². The maximum Gasteiger partial charge on any atom is 0.410 e. The van der Waals surface area contributed by atoms with Crippen LogP contribution in [0, 0.1) is 18.7 Å². The molecule has 0 radical (unpaired) electrons. The van der Waals surface area contributed by atoms with Crippen LogP contribution in [0.3, 0.4) is 0 Å². The molecule has 2 aliphatic rings. The minimum atomic E-state index is -0.489. The Morgan fingerprint density at radius 1 is 1.05 bits per heavy atom. The molecule has 218 valence electrons. The van der Waals surface area contributed by atoms with Gasteiger partial charge in [-0.15, -0.1) is 0 Å². The van der Waals surface area contributed by atoms with E-state index in [1.54, 1.807) is 11.0 Å². The number of aryl methyl sites for hydroxylation is 1. The first-order chi connectivity index (χ1) is 19.0. The molecule has 0 atom stereocenters. The predicted molar refractivity (Wildman–Crippen MR) is 153 cm³/mol. The van der Waals surface area contributed by atoms with Crippen LogP contribution >= 0.6 is 0 Å². The monoisotopic (exact) mass is 554 g/mol. The van der Waals surface area contributed by atoms with Gasteiger partial charge in [0.05, 0.1) is 6.20 Å². The van der Waals surface area contributed by atoms with Crippen LogP contribution in [0.4, 0.5) is 14.9 Å². The lowest BCUT2D eigenvalue weighted by atomic mass is 9.86. The van der Waals surface area contributed by atoms with Gasteiger partial charge < -0.3 is 19.3 Å². The molecule has 4 rings (SSSR count). The SMILES string of the molecule is CCN(C(=O)C1CCC(Oc2ccc(F)cn2)CC1)c1ccc(CN2CCN(C(=O)OC(C)(C)C)CC2)c(C)c1. The van der Waals surface area contributed by atoms with Crippen LogP contribution in [-0.2, 0) is 16.1 Å². The smallest absolute Gasteiger partial charge is 0.410 e. The van der Waals surface area contributed by atoms with Gasteiger partial charge in [-0.2, -0.15) is 0 Å². The molecule has 2 fully saturated rings. The first kappa shape index (κ1) is 29.8. The number of rotatable bonds is 7. The third-order valence-corrected chi connectivity index (χ3v) is 7.65. The Labute approximate surface area is 237 Å². The number of hydrogen-bond acceptors (Lipinski definition) is 6. The molecule has 0 spiro atoms. The Hall–Kier alpha value is -3.20. The van der Waals surface area contributed by atoms with Crippen LogP contribution in [0.25, 0.3) is 0 Å². The van der Waals surface area contributed by atoms with E-state index >= 15 is 0 Å². The fourth-order valence-corrected chi connectivity index (χ4v) is 5.40. The van der Waals surface area contributed by atoms with E-state index in [4.69, 9.17) is 9.47 Å². The molecule has 9 heteroatoms. The molecule has 1 saturated heterocycles. The number of carbonyl (C=O) groups excluding carboxylic acids is 2. The number of pyridine rings is 1. The average molecular weight is 555 g/mol. The highest BCUT2D eigenvalue weighted by Gasteiger charge is 2.31. The molecule has 2 heterocycles. The zero-order valence-electron chi connectivity index (χ0n) is 24.5. The van der Waals surface area contributed by atoms with Crippen LogP contribution in [0.15, 0.2) is 36.5 Å². The molecule has 40 heavy (non-hydrogen) atoms. The van der Waals surface area contributed by atoms with Crippen molar-refractivity contribution in [3.63, 3.8) is 0 Å². The summed E-state index contributed by atoms with van der Waals surface area (Å²) in [5, 5.41) is 0. The number of hydrogen-bond donors (Lipinski definition) is 0. The summed E-state index contributed by atoms with van der Waals surface area (Å²) in [6.45, 7) is 14.1. The minimum Gasteiger partial charge on any atom is -0.474 e. The molecule has 2 aromatic rings. The quantitative estimate of drug-likeness (QED) is 0.445. The first-order valence-corrected chi connectivity index (χ1v) is 14.4. The summed E-state index contributed by atoms with van der Waals surface area (Å²) in [7, 11) is 0. The second-order valence-electron chi connectivity index (χ2n) is 11.8. The molecule has 1 aliphatic heterocycles. The highest BCUT2D eigenvalue weighted by molar-refractivity contribution is 5.95. The summed E-state index contributed by atoms with van der Waals surface area (Å²) in [6, 6.07) is 9.18. The molecule has 0 bridgehead atoms. The molecule has 0 unspecified atom stereocenters. The number of carbonyl (C=O) groups is 2. The van der Waals surface area contributed by atoms with Crippen LogP contribution < -0.4 is 9.64 Å². The number of ether oxygens (including phenoxy) is 2. The molecule has 1 aliphatic carbocycles. The van der Waals surface area contributed by atoms with E-state index < -0.39 is 5.60 Å². The van der Waals surface area contributed by atoms with E-state index in [1.807, 2.05) is 32.6 Å². The third-order valence-electron chi connectivity index (χ3n) is 7.65. The van der Waals surface area contributed by atoms with Gasteiger partial charge in [-0.1, -0.05) is 6.07 Å². The predicted octanol–water partition coefficient (Wildman–Crippen LogP) is 5.57. The van der Waals surface area contributed by atoms with Crippen LogP contribution in [-0.4, -0.2) is 71.2 Å². The zero-order valence-corrected chi connectivity index (χ0v) is 24.5. The second kappa shape index (κ2) is 13.0. The summed E-state index contributed by atoms with van der Waals surface area (Å²) in [5.41, 5.74) is 2.82. The van der Waals surface area contributed by atoms with Crippen molar-refractivity contribution in [3.05, 3.63) is 53.5 Å². The highest BCUT2D eigenvalue weighted by Crippen LogP contribution is 2.31. The van der Waals surface area contributed by atoms with Crippen LogP contribution in [0.2, 0.25) is 0 Å². The molecule has 1 saturated carbocycles. The Balaban J connectivity index is 1.28. The molecule has 1 aromatic heterocycles. The third kappa shape index (κ3) is 7.93.